The number of aryl methyl sites for hydroxylation is 1. The van der Waals surface area contributed by atoms with Gasteiger partial charge in [0.05, 0.1) is 13.2 Å². The first-order valence-electron chi connectivity index (χ1n) is 6.09. The predicted molar refractivity (Wildman–Crippen MR) is 69.6 cm³/mol. The summed E-state index contributed by atoms with van der Waals surface area (Å²) in [5.41, 5.74) is 1.65. The Bertz CT molecular complexity index is 436. The lowest BCUT2D eigenvalue weighted by Gasteiger charge is -2.10. The van der Waals surface area contributed by atoms with Crippen LogP contribution >= 0.6 is 0 Å². The van der Waals surface area contributed by atoms with Crippen LogP contribution in [0.1, 0.15) is 5.56 Å². The standard InChI is InChI=1S/C13H17F3N2O2/c1-10-4-2-3-5-11(10)18-12(19)8-17-6-7-20-9-13(14,15)16/h2-5,17H,6-9H2,1H3,(H,18,19). The second kappa shape index (κ2) is 7.86. The summed E-state index contributed by atoms with van der Waals surface area (Å²) in [6.07, 6.45) is -4.32. The van der Waals surface area contributed by atoms with Crippen molar-refractivity contribution in [3.8, 4) is 0 Å². The van der Waals surface area contributed by atoms with Gasteiger partial charge in [0.25, 0.3) is 0 Å². The van der Waals surface area contributed by atoms with E-state index < -0.39 is 12.8 Å². The summed E-state index contributed by atoms with van der Waals surface area (Å²) in [4.78, 5) is 11.6. The quantitative estimate of drug-likeness (QED) is 0.756. The lowest BCUT2D eigenvalue weighted by atomic mass is 10.2. The van der Waals surface area contributed by atoms with Crippen molar-refractivity contribution in [2.75, 3.05) is 31.6 Å². The number of carbonyl (C=O) groups is 1. The molecule has 0 unspecified atom stereocenters. The number of rotatable bonds is 7. The molecule has 0 spiro atoms. The monoisotopic (exact) mass is 290 g/mol. The number of carbonyl (C=O) groups excluding carboxylic acids is 1. The van der Waals surface area contributed by atoms with Gasteiger partial charge in [0, 0.05) is 12.2 Å². The Morgan fingerprint density at radius 2 is 2.00 bits per heavy atom. The van der Waals surface area contributed by atoms with Crippen molar-refractivity contribution in [2.45, 2.75) is 13.1 Å². The fraction of sp³-hybridized carbons (Fsp3) is 0.462. The van der Waals surface area contributed by atoms with Crippen LogP contribution in [0.25, 0.3) is 0 Å². The zero-order valence-electron chi connectivity index (χ0n) is 11.1. The highest BCUT2D eigenvalue weighted by Gasteiger charge is 2.27. The highest BCUT2D eigenvalue weighted by atomic mass is 19.4. The van der Waals surface area contributed by atoms with Gasteiger partial charge in [-0.1, -0.05) is 18.2 Å². The molecule has 0 bridgehead atoms. The topological polar surface area (TPSA) is 50.4 Å². The molecule has 2 N–H and O–H groups in total. The molecule has 1 aromatic carbocycles. The molecule has 0 saturated carbocycles. The normalized spacial score (nSPS) is 11.4. The second-order valence-electron chi connectivity index (χ2n) is 4.21. The Labute approximate surface area is 115 Å². The molecule has 0 fully saturated rings. The van der Waals surface area contributed by atoms with Crippen molar-refractivity contribution in [1.29, 1.82) is 0 Å². The summed E-state index contributed by atoms with van der Waals surface area (Å²) < 4.78 is 39.7. The number of ether oxygens (including phenoxy) is 1. The van der Waals surface area contributed by atoms with Crippen LogP contribution in [0.5, 0.6) is 0 Å². The summed E-state index contributed by atoms with van der Waals surface area (Å²) in [6, 6.07) is 7.32. The van der Waals surface area contributed by atoms with Crippen molar-refractivity contribution in [3.63, 3.8) is 0 Å². The summed E-state index contributed by atoms with van der Waals surface area (Å²) in [5.74, 6) is -0.255. The maximum Gasteiger partial charge on any atom is 0.411 e. The lowest BCUT2D eigenvalue weighted by Crippen LogP contribution is -2.31. The van der Waals surface area contributed by atoms with Crippen molar-refractivity contribution in [3.05, 3.63) is 29.8 Å². The summed E-state index contributed by atoms with van der Waals surface area (Å²) in [6.45, 7) is 0.691. The van der Waals surface area contributed by atoms with E-state index in [-0.39, 0.29) is 25.6 Å². The first-order chi connectivity index (χ1) is 9.38. The third-order valence-corrected chi connectivity index (χ3v) is 2.39. The van der Waals surface area contributed by atoms with Gasteiger partial charge in [0.1, 0.15) is 6.61 Å². The van der Waals surface area contributed by atoms with Gasteiger partial charge in [-0.25, -0.2) is 0 Å². The Hall–Kier alpha value is -1.60. The van der Waals surface area contributed by atoms with Crippen molar-refractivity contribution < 1.29 is 22.7 Å². The highest BCUT2D eigenvalue weighted by molar-refractivity contribution is 5.92. The average Bonchev–Trinajstić information content (AvgIpc) is 2.35. The van der Waals surface area contributed by atoms with E-state index in [1.165, 1.54) is 0 Å². The average molecular weight is 290 g/mol. The number of hydrogen-bond donors (Lipinski definition) is 2. The zero-order valence-corrected chi connectivity index (χ0v) is 11.1. The molecule has 0 atom stereocenters. The number of hydrogen-bond acceptors (Lipinski definition) is 3. The Balaban J connectivity index is 2.14. The molecule has 0 aromatic heterocycles. The minimum atomic E-state index is -4.32. The van der Waals surface area contributed by atoms with E-state index in [0.717, 1.165) is 5.56 Å². The molecule has 0 aliphatic rings. The van der Waals surface area contributed by atoms with Gasteiger partial charge in [0.15, 0.2) is 0 Å². The Morgan fingerprint density at radius 3 is 2.65 bits per heavy atom. The fourth-order valence-corrected chi connectivity index (χ4v) is 1.44. The second-order valence-corrected chi connectivity index (χ2v) is 4.21. The molecule has 0 radical (unpaired) electrons. The van der Waals surface area contributed by atoms with E-state index >= 15 is 0 Å². The van der Waals surface area contributed by atoms with E-state index in [4.69, 9.17) is 0 Å². The lowest BCUT2D eigenvalue weighted by molar-refractivity contribution is -0.173. The molecule has 112 valence electrons. The highest BCUT2D eigenvalue weighted by Crippen LogP contribution is 2.14. The molecule has 0 saturated heterocycles. The van der Waals surface area contributed by atoms with Gasteiger partial charge in [-0.3, -0.25) is 4.79 Å². The molecule has 0 heterocycles. The number of amides is 1. The smallest absolute Gasteiger partial charge is 0.371 e. The maximum absolute atomic E-state index is 11.8. The van der Waals surface area contributed by atoms with Crippen molar-refractivity contribution in [1.82, 2.24) is 5.32 Å². The molecular formula is C13H17F3N2O2. The molecule has 1 aromatic rings. The van der Waals surface area contributed by atoms with Crippen LogP contribution in [-0.4, -0.2) is 38.4 Å². The van der Waals surface area contributed by atoms with Crippen LogP contribution in [-0.2, 0) is 9.53 Å². The molecular weight excluding hydrogens is 273 g/mol. The largest absolute Gasteiger partial charge is 0.411 e. The molecule has 1 amide bonds. The first-order valence-corrected chi connectivity index (χ1v) is 6.09. The van der Waals surface area contributed by atoms with Gasteiger partial charge in [-0.2, -0.15) is 13.2 Å². The van der Waals surface area contributed by atoms with E-state index in [1.807, 2.05) is 19.1 Å². The fourth-order valence-electron chi connectivity index (χ4n) is 1.44. The number of benzene rings is 1. The van der Waals surface area contributed by atoms with E-state index in [2.05, 4.69) is 15.4 Å². The van der Waals surface area contributed by atoms with E-state index in [0.29, 0.717) is 5.69 Å². The van der Waals surface area contributed by atoms with Gasteiger partial charge < -0.3 is 15.4 Å². The van der Waals surface area contributed by atoms with Gasteiger partial charge in [-0.05, 0) is 18.6 Å². The van der Waals surface area contributed by atoms with Crippen LogP contribution in [0.3, 0.4) is 0 Å². The van der Waals surface area contributed by atoms with Gasteiger partial charge >= 0.3 is 6.18 Å². The summed E-state index contributed by atoms with van der Waals surface area (Å²) in [7, 11) is 0. The first kappa shape index (κ1) is 16.5. The number of para-hydroxylation sites is 1. The Morgan fingerprint density at radius 1 is 1.30 bits per heavy atom. The molecule has 20 heavy (non-hydrogen) atoms. The van der Waals surface area contributed by atoms with E-state index in [1.54, 1.807) is 12.1 Å². The number of anilines is 1. The third-order valence-electron chi connectivity index (χ3n) is 2.39. The van der Waals surface area contributed by atoms with Crippen LogP contribution in [0.2, 0.25) is 0 Å². The van der Waals surface area contributed by atoms with Crippen LogP contribution in [0.4, 0.5) is 18.9 Å². The predicted octanol–water partition coefficient (Wildman–Crippen LogP) is 2.10. The van der Waals surface area contributed by atoms with Crippen molar-refractivity contribution in [2.24, 2.45) is 0 Å². The van der Waals surface area contributed by atoms with Gasteiger partial charge in [-0.15, -0.1) is 0 Å². The number of alkyl halides is 3. The zero-order chi connectivity index (χ0) is 15.0. The summed E-state index contributed by atoms with van der Waals surface area (Å²) in [5, 5.41) is 5.41. The molecule has 4 nitrogen and oxygen atoms in total. The molecule has 7 heteroatoms. The van der Waals surface area contributed by atoms with Crippen molar-refractivity contribution >= 4 is 11.6 Å². The van der Waals surface area contributed by atoms with Crippen LogP contribution < -0.4 is 10.6 Å². The molecule has 0 aliphatic heterocycles. The minimum Gasteiger partial charge on any atom is -0.371 e. The number of nitrogens with one attached hydrogen (secondary N) is 2. The Kier molecular flexibility index (Phi) is 6.47. The minimum absolute atomic E-state index is 0.0176. The molecule has 0 aliphatic carbocycles. The maximum atomic E-state index is 11.8. The van der Waals surface area contributed by atoms with Crippen LogP contribution in [0.15, 0.2) is 24.3 Å². The van der Waals surface area contributed by atoms with Crippen LogP contribution in [0, 0.1) is 6.92 Å². The van der Waals surface area contributed by atoms with E-state index in [9.17, 15) is 18.0 Å². The SMILES string of the molecule is Cc1ccccc1NC(=O)CNCCOCC(F)(F)F. The number of halogens is 3. The molecule has 1 rings (SSSR count). The summed E-state index contributed by atoms with van der Waals surface area (Å²) >= 11 is 0. The van der Waals surface area contributed by atoms with Gasteiger partial charge in [0.2, 0.25) is 5.91 Å². The third kappa shape index (κ3) is 7.10.